The van der Waals surface area contributed by atoms with Crippen molar-refractivity contribution in [3.8, 4) is 0 Å². The molecule has 1 atom stereocenters. The summed E-state index contributed by atoms with van der Waals surface area (Å²) in [4.78, 5) is 26.3. The normalized spacial score (nSPS) is 15.9. The van der Waals surface area contributed by atoms with Crippen molar-refractivity contribution < 1.29 is 9.59 Å². The van der Waals surface area contributed by atoms with E-state index < -0.39 is 0 Å². The Morgan fingerprint density at radius 3 is 2.83 bits per heavy atom. The lowest BCUT2D eigenvalue weighted by molar-refractivity contribution is -0.127. The Hall–Kier alpha value is -2.30. The van der Waals surface area contributed by atoms with Gasteiger partial charge < -0.3 is 14.8 Å². The monoisotopic (exact) mass is 327 g/mol. The van der Waals surface area contributed by atoms with Crippen LogP contribution in [-0.2, 0) is 11.3 Å². The molecule has 3 rings (SSSR count). The van der Waals surface area contributed by atoms with Crippen LogP contribution in [0, 0.1) is 0 Å². The van der Waals surface area contributed by atoms with Crippen LogP contribution in [-0.4, -0.2) is 40.4 Å². The predicted octanol–water partition coefficient (Wildman–Crippen LogP) is 2.79. The van der Waals surface area contributed by atoms with E-state index in [4.69, 9.17) is 0 Å². The van der Waals surface area contributed by atoms with Crippen LogP contribution in [0.15, 0.2) is 30.3 Å². The number of nitrogens with zero attached hydrogens (tertiary/aromatic N) is 2. The number of aromatic nitrogens is 1. The molecule has 2 aromatic rings. The van der Waals surface area contributed by atoms with Crippen LogP contribution in [0.5, 0.6) is 0 Å². The van der Waals surface area contributed by atoms with Crippen molar-refractivity contribution in [2.24, 2.45) is 0 Å². The first-order valence-electron chi connectivity index (χ1n) is 8.77. The molecule has 1 unspecified atom stereocenters. The van der Waals surface area contributed by atoms with E-state index in [-0.39, 0.29) is 17.9 Å². The van der Waals surface area contributed by atoms with Gasteiger partial charge in [-0.1, -0.05) is 25.1 Å². The summed E-state index contributed by atoms with van der Waals surface area (Å²) in [6.45, 7) is 6.26. The summed E-state index contributed by atoms with van der Waals surface area (Å²) in [7, 11) is 0. The van der Waals surface area contributed by atoms with Crippen molar-refractivity contribution in [3.05, 3.63) is 36.0 Å². The highest BCUT2D eigenvalue weighted by molar-refractivity contribution is 5.99. The first-order chi connectivity index (χ1) is 11.6. The molecule has 128 valence electrons. The highest BCUT2D eigenvalue weighted by Gasteiger charge is 2.23. The summed E-state index contributed by atoms with van der Waals surface area (Å²) in [6, 6.07) is 9.96. The summed E-state index contributed by atoms with van der Waals surface area (Å²) in [5.41, 5.74) is 1.78. The second-order valence-electron chi connectivity index (χ2n) is 6.56. The number of hydrogen-bond donors (Lipinski definition) is 1. The van der Waals surface area contributed by atoms with Crippen LogP contribution in [0.25, 0.3) is 10.9 Å². The number of likely N-dealkylation sites (tertiary alicyclic amines) is 1. The van der Waals surface area contributed by atoms with Crippen LogP contribution in [0.4, 0.5) is 0 Å². The summed E-state index contributed by atoms with van der Waals surface area (Å²) < 4.78 is 2.08. The Balaban J connectivity index is 1.75. The Morgan fingerprint density at radius 2 is 2.12 bits per heavy atom. The predicted molar refractivity (Wildman–Crippen MR) is 95.0 cm³/mol. The molecule has 1 aliphatic heterocycles. The van der Waals surface area contributed by atoms with E-state index in [9.17, 15) is 9.59 Å². The largest absolute Gasteiger partial charge is 0.347 e. The van der Waals surface area contributed by atoms with Gasteiger partial charge in [0.05, 0.1) is 0 Å². The zero-order valence-electron chi connectivity index (χ0n) is 14.4. The average molecular weight is 327 g/mol. The number of para-hydroxylation sites is 1. The van der Waals surface area contributed by atoms with Gasteiger partial charge in [0, 0.05) is 43.0 Å². The molecule has 1 aromatic carbocycles. The first kappa shape index (κ1) is 16.6. The maximum Gasteiger partial charge on any atom is 0.268 e. The lowest BCUT2D eigenvalue weighted by Crippen LogP contribution is -2.42. The summed E-state index contributed by atoms with van der Waals surface area (Å²) in [5.74, 6) is 0.120. The number of amides is 2. The van der Waals surface area contributed by atoms with E-state index in [1.165, 1.54) is 0 Å². The second kappa shape index (κ2) is 7.07. The van der Waals surface area contributed by atoms with Gasteiger partial charge in [0.15, 0.2) is 0 Å². The fourth-order valence-corrected chi connectivity index (χ4v) is 3.43. The van der Waals surface area contributed by atoms with E-state index in [2.05, 4.69) is 16.8 Å². The van der Waals surface area contributed by atoms with E-state index in [1.807, 2.05) is 42.2 Å². The smallest absolute Gasteiger partial charge is 0.268 e. The van der Waals surface area contributed by atoms with Crippen LogP contribution < -0.4 is 5.32 Å². The molecule has 1 saturated heterocycles. The molecule has 1 fully saturated rings. The highest BCUT2D eigenvalue weighted by atomic mass is 16.2. The fraction of sp³-hybridized carbons (Fsp3) is 0.474. The quantitative estimate of drug-likeness (QED) is 0.887. The molecule has 24 heavy (non-hydrogen) atoms. The Morgan fingerprint density at radius 1 is 1.33 bits per heavy atom. The minimum atomic E-state index is -0.0706. The van der Waals surface area contributed by atoms with Crippen molar-refractivity contribution in [2.75, 3.05) is 13.1 Å². The summed E-state index contributed by atoms with van der Waals surface area (Å²) in [6.07, 6.45) is 2.52. The lowest BCUT2D eigenvalue weighted by Gasteiger charge is -2.22. The third-order valence-corrected chi connectivity index (χ3v) is 4.53. The average Bonchev–Trinajstić information content (AvgIpc) is 3.12. The number of hydrogen-bond acceptors (Lipinski definition) is 2. The number of benzene rings is 1. The molecule has 1 N–H and O–H groups in total. The zero-order chi connectivity index (χ0) is 17.1. The molecule has 0 radical (unpaired) electrons. The molecule has 2 amide bonds. The third kappa shape index (κ3) is 3.30. The van der Waals surface area contributed by atoms with E-state index in [0.29, 0.717) is 18.7 Å². The van der Waals surface area contributed by atoms with Crippen LogP contribution in [0.1, 0.15) is 43.6 Å². The number of rotatable bonds is 6. The third-order valence-electron chi connectivity index (χ3n) is 4.53. The van der Waals surface area contributed by atoms with Crippen LogP contribution in [0.2, 0.25) is 0 Å². The molecule has 5 heteroatoms. The van der Waals surface area contributed by atoms with Gasteiger partial charge in [-0.25, -0.2) is 0 Å². The van der Waals surface area contributed by atoms with Gasteiger partial charge in [0.25, 0.3) is 5.91 Å². The van der Waals surface area contributed by atoms with E-state index in [1.54, 1.807) is 0 Å². The van der Waals surface area contributed by atoms with Crippen molar-refractivity contribution >= 4 is 22.7 Å². The number of carbonyl (C=O) groups excluding carboxylic acids is 2. The number of aryl methyl sites for hydroxylation is 1. The Labute approximate surface area is 142 Å². The van der Waals surface area contributed by atoms with Gasteiger partial charge in [-0.3, -0.25) is 9.59 Å². The summed E-state index contributed by atoms with van der Waals surface area (Å²) in [5, 5.41) is 4.13. The molecular weight excluding hydrogens is 302 g/mol. The zero-order valence-corrected chi connectivity index (χ0v) is 14.4. The molecule has 1 aromatic heterocycles. The van der Waals surface area contributed by atoms with E-state index in [0.717, 1.165) is 36.8 Å². The van der Waals surface area contributed by atoms with Crippen molar-refractivity contribution in [2.45, 2.75) is 45.7 Å². The minimum Gasteiger partial charge on any atom is -0.347 e. The molecule has 1 aliphatic rings. The maximum absolute atomic E-state index is 12.7. The van der Waals surface area contributed by atoms with Crippen molar-refractivity contribution in [3.63, 3.8) is 0 Å². The first-order valence-corrected chi connectivity index (χ1v) is 8.77. The van der Waals surface area contributed by atoms with Gasteiger partial charge in [0.2, 0.25) is 5.91 Å². The fourth-order valence-electron chi connectivity index (χ4n) is 3.43. The van der Waals surface area contributed by atoms with E-state index >= 15 is 0 Å². The Kier molecular flexibility index (Phi) is 4.88. The number of carbonyl (C=O) groups is 2. The maximum atomic E-state index is 12.7. The molecule has 5 nitrogen and oxygen atoms in total. The Bertz CT molecular complexity index is 750. The number of nitrogens with one attached hydrogen (secondary N) is 1. The number of fused-ring (bicyclic) bond motifs is 1. The van der Waals surface area contributed by atoms with Crippen LogP contribution >= 0.6 is 0 Å². The minimum absolute atomic E-state index is 0.0624. The standard InChI is InChI=1S/C19H25N3O2/c1-3-10-22-16-8-5-4-7-15(16)12-17(22)19(24)20-14(2)13-21-11-6-9-18(21)23/h4-5,7-8,12,14H,3,6,9-11,13H2,1-2H3,(H,20,24). The van der Waals surface area contributed by atoms with Crippen molar-refractivity contribution in [1.29, 1.82) is 0 Å². The van der Waals surface area contributed by atoms with Gasteiger partial charge >= 0.3 is 0 Å². The second-order valence-corrected chi connectivity index (χ2v) is 6.56. The SMILES string of the molecule is CCCn1c(C(=O)NC(C)CN2CCCC2=O)cc2ccccc21. The van der Waals surface area contributed by atoms with Crippen molar-refractivity contribution in [1.82, 2.24) is 14.8 Å². The van der Waals surface area contributed by atoms with Gasteiger partial charge in [-0.2, -0.15) is 0 Å². The topological polar surface area (TPSA) is 54.3 Å². The molecular formula is C19H25N3O2. The molecule has 2 heterocycles. The highest BCUT2D eigenvalue weighted by Crippen LogP contribution is 2.20. The molecule has 0 saturated carbocycles. The van der Waals surface area contributed by atoms with Gasteiger partial charge in [0.1, 0.15) is 5.69 Å². The van der Waals surface area contributed by atoms with Gasteiger partial charge in [-0.05, 0) is 31.9 Å². The molecule has 0 bridgehead atoms. The summed E-state index contributed by atoms with van der Waals surface area (Å²) >= 11 is 0. The molecule has 0 spiro atoms. The van der Waals surface area contributed by atoms with Crippen LogP contribution in [0.3, 0.4) is 0 Å². The van der Waals surface area contributed by atoms with Gasteiger partial charge in [-0.15, -0.1) is 0 Å². The molecule has 0 aliphatic carbocycles. The lowest BCUT2D eigenvalue weighted by atomic mass is 10.2.